The summed E-state index contributed by atoms with van der Waals surface area (Å²) >= 11 is 5.75. The molecule has 3 aromatic rings. The minimum absolute atomic E-state index is 0.0657. The molecule has 0 atom stereocenters. The lowest BCUT2D eigenvalue weighted by Crippen LogP contribution is -2.41. The zero-order chi connectivity index (χ0) is 22.4. The van der Waals surface area contributed by atoms with Crippen molar-refractivity contribution < 1.29 is 0 Å². The van der Waals surface area contributed by atoms with E-state index in [1.807, 2.05) is 37.3 Å². The third-order valence-electron chi connectivity index (χ3n) is 5.61. The number of rotatable bonds is 8. The normalized spacial score (nSPS) is 11.1. The lowest BCUT2D eigenvalue weighted by Gasteiger charge is -2.29. The molecule has 1 heterocycles. The zero-order valence-electron chi connectivity index (χ0n) is 18.9. The molecule has 6 heteroatoms. The van der Waals surface area contributed by atoms with Crippen molar-refractivity contribution in [3.05, 3.63) is 75.6 Å². The highest BCUT2D eigenvalue weighted by Gasteiger charge is 2.15. The number of H-pyrrole nitrogens is 1. The lowest BCUT2D eigenvalue weighted by atomic mass is 10.1. The van der Waals surface area contributed by atoms with Crippen molar-refractivity contribution in [3.8, 4) is 0 Å². The third kappa shape index (κ3) is 6.15. The predicted molar refractivity (Wildman–Crippen MR) is 135 cm³/mol. The Morgan fingerprint density at radius 3 is 2.32 bits per heavy atom. The van der Waals surface area contributed by atoms with Gasteiger partial charge in [0.05, 0.1) is 6.54 Å². The average Bonchev–Trinajstić information content (AvgIpc) is 2.75. The smallest absolute Gasteiger partial charge is 0.253 e. The molecule has 0 aliphatic heterocycles. The number of aryl methyl sites for hydroxylation is 2. The van der Waals surface area contributed by atoms with Crippen molar-refractivity contribution in [2.75, 3.05) is 31.5 Å². The Morgan fingerprint density at radius 1 is 0.968 bits per heavy atom. The molecule has 0 fully saturated rings. The van der Waals surface area contributed by atoms with Gasteiger partial charge in [-0.2, -0.15) is 0 Å². The molecule has 0 aliphatic rings. The van der Waals surface area contributed by atoms with E-state index in [4.69, 9.17) is 12.2 Å². The van der Waals surface area contributed by atoms with E-state index in [9.17, 15) is 4.79 Å². The van der Waals surface area contributed by atoms with E-state index < -0.39 is 0 Å². The van der Waals surface area contributed by atoms with Gasteiger partial charge in [0.2, 0.25) is 0 Å². The number of hydrogen-bond acceptors (Lipinski definition) is 3. The van der Waals surface area contributed by atoms with Crippen LogP contribution in [0.3, 0.4) is 0 Å². The van der Waals surface area contributed by atoms with Crippen LogP contribution in [-0.2, 0) is 6.54 Å². The Hall–Kier alpha value is -2.70. The number of pyridine rings is 1. The fraction of sp³-hybridized carbons (Fsp3) is 0.360. The number of aromatic nitrogens is 1. The minimum Gasteiger partial charge on any atom is -0.343 e. The molecule has 0 bridgehead atoms. The van der Waals surface area contributed by atoms with Gasteiger partial charge in [-0.05, 0) is 74.4 Å². The standard InChI is InChI=1S/C25H32N4OS/c1-5-28(6-2)13-14-29(25(31)26-22-11-8-18(3)9-12-22)17-21-16-20-10-7-19(4)15-23(20)27-24(21)30/h7-12,15-16H,5-6,13-14,17H2,1-4H3,(H,26,31)(H,27,30). The molecule has 1 aromatic heterocycles. The highest BCUT2D eigenvalue weighted by atomic mass is 32.1. The molecular weight excluding hydrogens is 404 g/mol. The molecule has 0 spiro atoms. The monoisotopic (exact) mass is 436 g/mol. The van der Waals surface area contributed by atoms with E-state index in [1.165, 1.54) is 5.56 Å². The molecule has 5 nitrogen and oxygen atoms in total. The molecule has 0 saturated heterocycles. The van der Waals surface area contributed by atoms with Gasteiger partial charge in [-0.3, -0.25) is 4.79 Å². The summed E-state index contributed by atoms with van der Waals surface area (Å²) in [6.45, 7) is 12.5. The third-order valence-corrected chi connectivity index (χ3v) is 5.97. The molecule has 0 radical (unpaired) electrons. The van der Waals surface area contributed by atoms with Crippen LogP contribution in [-0.4, -0.2) is 46.1 Å². The van der Waals surface area contributed by atoms with Crippen LogP contribution in [0.2, 0.25) is 0 Å². The Morgan fingerprint density at radius 2 is 1.65 bits per heavy atom. The number of nitrogens with one attached hydrogen (secondary N) is 2. The molecule has 0 unspecified atom stereocenters. The van der Waals surface area contributed by atoms with E-state index >= 15 is 0 Å². The maximum Gasteiger partial charge on any atom is 0.253 e. The summed E-state index contributed by atoms with van der Waals surface area (Å²) in [6, 6.07) is 16.3. The van der Waals surface area contributed by atoms with E-state index in [0.717, 1.165) is 48.3 Å². The van der Waals surface area contributed by atoms with Crippen LogP contribution >= 0.6 is 12.2 Å². The van der Waals surface area contributed by atoms with Crippen LogP contribution in [0.15, 0.2) is 53.3 Å². The van der Waals surface area contributed by atoms with Crippen LogP contribution < -0.4 is 10.9 Å². The first-order chi connectivity index (χ1) is 14.9. The van der Waals surface area contributed by atoms with Gasteiger partial charge in [0.1, 0.15) is 0 Å². The summed E-state index contributed by atoms with van der Waals surface area (Å²) in [6.07, 6.45) is 0. The molecule has 2 aromatic carbocycles. The topological polar surface area (TPSA) is 51.4 Å². The summed E-state index contributed by atoms with van der Waals surface area (Å²) in [5, 5.41) is 4.99. The van der Waals surface area contributed by atoms with Gasteiger partial charge in [0, 0.05) is 29.9 Å². The van der Waals surface area contributed by atoms with Gasteiger partial charge in [-0.15, -0.1) is 0 Å². The van der Waals surface area contributed by atoms with E-state index in [0.29, 0.717) is 17.2 Å². The second-order valence-electron chi connectivity index (χ2n) is 7.96. The number of nitrogens with zero attached hydrogens (tertiary/aromatic N) is 2. The number of anilines is 1. The van der Waals surface area contributed by atoms with Crippen LogP contribution in [0.25, 0.3) is 10.9 Å². The Bertz CT molecular complexity index is 1090. The summed E-state index contributed by atoms with van der Waals surface area (Å²) in [4.78, 5) is 20.3. The zero-order valence-corrected chi connectivity index (χ0v) is 19.7. The first kappa shape index (κ1) is 23.0. The summed E-state index contributed by atoms with van der Waals surface area (Å²) in [7, 11) is 0. The minimum atomic E-state index is -0.0657. The molecular formula is C25H32N4OS. The van der Waals surface area contributed by atoms with Crippen molar-refractivity contribution in [3.63, 3.8) is 0 Å². The average molecular weight is 437 g/mol. The first-order valence-electron chi connectivity index (χ1n) is 10.9. The van der Waals surface area contributed by atoms with Crippen molar-refractivity contribution >= 4 is 33.9 Å². The van der Waals surface area contributed by atoms with E-state index in [-0.39, 0.29) is 5.56 Å². The van der Waals surface area contributed by atoms with E-state index in [1.54, 1.807) is 0 Å². The molecule has 3 rings (SSSR count). The fourth-order valence-electron chi connectivity index (χ4n) is 3.58. The number of thiocarbonyl (C=S) groups is 1. The van der Waals surface area contributed by atoms with Gasteiger partial charge < -0.3 is 20.1 Å². The van der Waals surface area contributed by atoms with Crippen molar-refractivity contribution in [2.45, 2.75) is 34.2 Å². The number of aromatic amines is 1. The SMILES string of the molecule is CCN(CC)CCN(Cc1cc2ccc(C)cc2[nH]c1=O)C(=S)Nc1ccc(C)cc1. The van der Waals surface area contributed by atoms with Gasteiger partial charge in [-0.1, -0.05) is 43.7 Å². The highest BCUT2D eigenvalue weighted by molar-refractivity contribution is 7.80. The van der Waals surface area contributed by atoms with Crippen molar-refractivity contribution in [2.24, 2.45) is 0 Å². The molecule has 31 heavy (non-hydrogen) atoms. The van der Waals surface area contributed by atoms with Crippen LogP contribution in [0.1, 0.15) is 30.5 Å². The molecule has 0 aliphatic carbocycles. The van der Waals surface area contributed by atoms with Gasteiger partial charge in [0.25, 0.3) is 5.56 Å². The summed E-state index contributed by atoms with van der Waals surface area (Å²) < 4.78 is 0. The Kier molecular flexibility index (Phi) is 7.82. The summed E-state index contributed by atoms with van der Waals surface area (Å²) in [5.74, 6) is 0. The molecule has 164 valence electrons. The lowest BCUT2D eigenvalue weighted by molar-refractivity contribution is 0.266. The largest absolute Gasteiger partial charge is 0.343 e. The number of likely N-dealkylation sites (N-methyl/N-ethyl adjacent to an activating group) is 1. The molecule has 0 amide bonds. The van der Waals surface area contributed by atoms with E-state index in [2.05, 4.69) is 59.1 Å². The first-order valence-corrected chi connectivity index (χ1v) is 11.3. The number of hydrogen-bond donors (Lipinski definition) is 2. The maximum absolute atomic E-state index is 12.8. The highest BCUT2D eigenvalue weighted by Crippen LogP contribution is 2.15. The van der Waals surface area contributed by atoms with Crippen LogP contribution in [0.5, 0.6) is 0 Å². The molecule has 0 saturated carbocycles. The van der Waals surface area contributed by atoms with Crippen LogP contribution in [0.4, 0.5) is 5.69 Å². The maximum atomic E-state index is 12.8. The molecule has 2 N–H and O–H groups in total. The predicted octanol–water partition coefficient (Wildman–Crippen LogP) is 4.69. The number of fused-ring (bicyclic) bond motifs is 1. The Labute approximate surface area is 190 Å². The van der Waals surface area contributed by atoms with Gasteiger partial charge in [-0.25, -0.2) is 0 Å². The van der Waals surface area contributed by atoms with Crippen LogP contribution in [0, 0.1) is 13.8 Å². The fourth-order valence-corrected chi connectivity index (χ4v) is 3.85. The Balaban J connectivity index is 1.84. The van der Waals surface area contributed by atoms with Crippen molar-refractivity contribution in [1.29, 1.82) is 0 Å². The summed E-state index contributed by atoms with van der Waals surface area (Å²) in [5.41, 5.74) is 4.79. The second-order valence-corrected chi connectivity index (χ2v) is 8.35. The van der Waals surface area contributed by atoms with Crippen molar-refractivity contribution in [1.82, 2.24) is 14.8 Å². The number of benzene rings is 2. The van der Waals surface area contributed by atoms with Gasteiger partial charge >= 0.3 is 0 Å². The second kappa shape index (κ2) is 10.6. The quantitative estimate of drug-likeness (QED) is 0.502. The van der Waals surface area contributed by atoms with Gasteiger partial charge in [0.15, 0.2) is 5.11 Å².